The zero-order valence-corrected chi connectivity index (χ0v) is 13.4. The van der Waals surface area contributed by atoms with Crippen LogP contribution in [0.4, 0.5) is 0 Å². The Morgan fingerprint density at radius 1 is 1.10 bits per heavy atom. The van der Waals surface area contributed by atoms with Crippen molar-refractivity contribution >= 4 is 0 Å². The van der Waals surface area contributed by atoms with Crippen molar-refractivity contribution in [3.8, 4) is 0 Å². The second-order valence-corrected chi connectivity index (χ2v) is 5.78. The highest BCUT2D eigenvalue weighted by Gasteiger charge is 2.12. The smallest absolute Gasteiger partial charge is 0.0233 e. The third kappa shape index (κ3) is 7.06. The van der Waals surface area contributed by atoms with Crippen molar-refractivity contribution in [2.45, 2.75) is 52.5 Å². The van der Waals surface area contributed by atoms with Crippen LogP contribution in [0, 0.1) is 5.92 Å². The second-order valence-electron chi connectivity index (χ2n) is 5.78. The number of nitrogens with two attached hydrogens (primary N) is 1. The molecule has 0 aliphatic carbocycles. The number of nitrogens with zero attached hydrogens (tertiary/aromatic N) is 1. The number of unbranched alkanes of at least 4 members (excludes halogenated alkanes) is 1. The van der Waals surface area contributed by atoms with Crippen LogP contribution in [0.1, 0.15) is 51.5 Å². The van der Waals surface area contributed by atoms with E-state index in [-0.39, 0.29) is 0 Å². The summed E-state index contributed by atoms with van der Waals surface area (Å²) >= 11 is 0. The highest BCUT2D eigenvalue weighted by Crippen LogP contribution is 2.16. The van der Waals surface area contributed by atoms with Crippen LogP contribution in [0.2, 0.25) is 0 Å². The molecule has 114 valence electrons. The fourth-order valence-electron chi connectivity index (χ4n) is 2.67. The van der Waals surface area contributed by atoms with E-state index in [1.54, 1.807) is 0 Å². The van der Waals surface area contributed by atoms with Gasteiger partial charge < -0.3 is 5.73 Å². The molecule has 0 aliphatic heterocycles. The molecule has 1 unspecified atom stereocenters. The molecule has 2 N–H and O–H groups in total. The lowest BCUT2D eigenvalue weighted by Crippen LogP contribution is -2.31. The number of rotatable bonds is 11. The zero-order chi connectivity index (χ0) is 14.6. The van der Waals surface area contributed by atoms with Crippen LogP contribution in [0.3, 0.4) is 0 Å². The van der Waals surface area contributed by atoms with Crippen molar-refractivity contribution in [3.63, 3.8) is 0 Å². The minimum Gasteiger partial charge on any atom is -0.330 e. The molecule has 0 bridgehead atoms. The molecule has 1 rings (SSSR count). The first-order valence-electron chi connectivity index (χ1n) is 8.26. The van der Waals surface area contributed by atoms with Crippen molar-refractivity contribution in [2.75, 3.05) is 19.6 Å². The van der Waals surface area contributed by atoms with E-state index in [0.29, 0.717) is 0 Å². The van der Waals surface area contributed by atoms with Gasteiger partial charge in [0.05, 0.1) is 0 Å². The van der Waals surface area contributed by atoms with Gasteiger partial charge in [-0.3, -0.25) is 4.90 Å². The van der Waals surface area contributed by atoms with Gasteiger partial charge in [0.2, 0.25) is 0 Å². The first-order valence-corrected chi connectivity index (χ1v) is 8.26. The summed E-state index contributed by atoms with van der Waals surface area (Å²) in [4.78, 5) is 2.59. The zero-order valence-electron chi connectivity index (χ0n) is 13.4. The lowest BCUT2D eigenvalue weighted by atomic mass is 9.98. The molecule has 0 aromatic heterocycles. The average Bonchev–Trinajstić information content (AvgIpc) is 2.49. The van der Waals surface area contributed by atoms with Crippen LogP contribution in [-0.4, -0.2) is 24.5 Å². The van der Waals surface area contributed by atoms with Gasteiger partial charge in [-0.15, -0.1) is 0 Å². The molecule has 0 amide bonds. The highest BCUT2D eigenvalue weighted by atomic mass is 15.1. The lowest BCUT2D eigenvalue weighted by Gasteiger charge is -2.27. The normalized spacial score (nSPS) is 12.8. The molecule has 0 heterocycles. The Bertz CT molecular complexity index is 323. The van der Waals surface area contributed by atoms with E-state index in [2.05, 4.69) is 49.1 Å². The summed E-state index contributed by atoms with van der Waals surface area (Å²) in [6.45, 7) is 8.78. The first kappa shape index (κ1) is 17.2. The maximum absolute atomic E-state index is 5.69. The van der Waals surface area contributed by atoms with Crippen LogP contribution < -0.4 is 5.73 Å². The Labute approximate surface area is 125 Å². The molecule has 1 aromatic carbocycles. The van der Waals surface area contributed by atoms with Crippen molar-refractivity contribution in [3.05, 3.63) is 35.9 Å². The fraction of sp³-hybridized carbons (Fsp3) is 0.667. The molecule has 0 fully saturated rings. The van der Waals surface area contributed by atoms with E-state index in [1.165, 1.54) is 37.8 Å². The quantitative estimate of drug-likeness (QED) is 0.660. The van der Waals surface area contributed by atoms with E-state index in [0.717, 1.165) is 32.0 Å². The van der Waals surface area contributed by atoms with Gasteiger partial charge in [0, 0.05) is 13.1 Å². The molecule has 0 aliphatic rings. The van der Waals surface area contributed by atoms with Crippen LogP contribution >= 0.6 is 0 Å². The monoisotopic (exact) mass is 276 g/mol. The van der Waals surface area contributed by atoms with Crippen LogP contribution in [-0.2, 0) is 6.54 Å². The summed E-state index contributed by atoms with van der Waals surface area (Å²) in [6, 6.07) is 10.8. The van der Waals surface area contributed by atoms with E-state index in [1.807, 2.05) is 0 Å². The fourth-order valence-corrected chi connectivity index (χ4v) is 2.67. The minimum absolute atomic E-state index is 0.789. The van der Waals surface area contributed by atoms with Crippen molar-refractivity contribution in [1.29, 1.82) is 0 Å². The van der Waals surface area contributed by atoms with Gasteiger partial charge >= 0.3 is 0 Å². The molecule has 1 atom stereocenters. The second kappa shape index (κ2) is 10.9. The van der Waals surface area contributed by atoms with Gasteiger partial charge in [-0.25, -0.2) is 0 Å². The van der Waals surface area contributed by atoms with Crippen molar-refractivity contribution in [2.24, 2.45) is 11.7 Å². The Hall–Kier alpha value is -0.860. The van der Waals surface area contributed by atoms with Crippen LogP contribution in [0.25, 0.3) is 0 Å². The van der Waals surface area contributed by atoms with Gasteiger partial charge in [-0.05, 0) is 37.4 Å². The lowest BCUT2D eigenvalue weighted by molar-refractivity contribution is 0.210. The van der Waals surface area contributed by atoms with Crippen LogP contribution in [0.5, 0.6) is 0 Å². The topological polar surface area (TPSA) is 29.3 Å². The minimum atomic E-state index is 0.789. The first-order chi connectivity index (χ1) is 9.80. The molecule has 2 heteroatoms. The van der Waals surface area contributed by atoms with Gasteiger partial charge in [0.1, 0.15) is 0 Å². The summed E-state index contributed by atoms with van der Waals surface area (Å²) in [7, 11) is 0. The van der Waals surface area contributed by atoms with E-state index < -0.39 is 0 Å². The Balaban J connectivity index is 2.53. The summed E-state index contributed by atoms with van der Waals surface area (Å²) in [5, 5.41) is 0. The Morgan fingerprint density at radius 2 is 1.85 bits per heavy atom. The molecule has 0 radical (unpaired) electrons. The summed E-state index contributed by atoms with van der Waals surface area (Å²) < 4.78 is 0. The standard InChI is InChI=1S/C18H32N2/c1-3-5-10-17(4-2)15-20(14-9-13-19)16-18-11-7-6-8-12-18/h6-8,11-12,17H,3-5,9-10,13-16,19H2,1-2H3. The van der Waals surface area contributed by atoms with E-state index >= 15 is 0 Å². The summed E-state index contributed by atoms with van der Waals surface area (Å²) in [6.07, 6.45) is 6.40. The van der Waals surface area contributed by atoms with Crippen molar-refractivity contribution in [1.82, 2.24) is 4.90 Å². The summed E-state index contributed by atoms with van der Waals surface area (Å²) in [5.74, 6) is 0.830. The molecular formula is C18H32N2. The van der Waals surface area contributed by atoms with Gasteiger partial charge in [0.15, 0.2) is 0 Å². The number of benzene rings is 1. The van der Waals surface area contributed by atoms with Gasteiger partial charge in [0.25, 0.3) is 0 Å². The summed E-state index contributed by atoms with van der Waals surface area (Å²) in [5.41, 5.74) is 7.10. The largest absolute Gasteiger partial charge is 0.330 e. The predicted molar refractivity (Wildman–Crippen MR) is 88.7 cm³/mol. The Kier molecular flexibility index (Phi) is 9.35. The number of hydrogen-bond donors (Lipinski definition) is 1. The Morgan fingerprint density at radius 3 is 2.45 bits per heavy atom. The number of hydrogen-bond acceptors (Lipinski definition) is 2. The highest BCUT2D eigenvalue weighted by molar-refractivity contribution is 5.14. The molecule has 0 spiro atoms. The maximum Gasteiger partial charge on any atom is 0.0233 e. The van der Waals surface area contributed by atoms with Gasteiger partial charge in [-0.2, -0.15) is 0 Å². The SMILES string of the molecule is CCCCC(CC)CN(CCCN)Cc1ccccc1. The third-order valence-corrected chi connectivity index (χ3v) is 3.99. The average molecular weight is 276 g/mol. The molecule has 20 heavy (non-hydrogen) atoms. The van der Waals surface area contributed by atoms with E-state index in [4.69, 9.17) is 5.73 Å². The van der Waals surface area contributed by atoms with Crippen LogP contribution in [0.15, 0.2) is 30.3 Å². The predicted octanol–water partition coefficient (Wildman–Crippen LogP) is 4.05. The molecule has 0 saturated heterocycles. The molecule has 2 nitrogen and oxygen atoms in total. The molecule has 0 saturated carbocycles. The van der Waals surface area contributed by atoms with Gasteiger partial charge in [-0.1, -0.05) is 63.4 Å². The molecular weight excluding hydrogens is 244 g/mol. The maximum atomic E-state index is 5.69. The molecule has 1 aromatic rings. The third-order valence-electron chi connectivity index (χ3n) is 3.99. The van der Waals surface area contributed by atoms with E-state index in [9.17, 15) is 0 Å². The van der Waals surface area contributed by atoms with Crippen molar-refractivity contribution < 1.29 is 0 Å².